The summed E-state index contributed by atoms with van der Waals surface area (Å²) in [5, 5.41) is 8.70. The normalized spacial score (nSPS) is 12.1. The summed E-state index contributed by atoms with van der Waals surface area (Å²) >= 11 is 19.5. The highest BCUT2D eigenvalue weighted by atomic mass is 79.9. The molecule has 0 aliphatic heterocycles. The Balaban J connectivity index is 0.000000109. The van der Waals surface area contributed by atoms with Crippen LogP contribution in [0.1, 0.15) is 0 Å². The number of hydrogen-bond donors (Lipinski definition) is 1. The van der Waals surface area contributed by atoms with Crippen molar-refractivity contribution < 1.29 is 0 Å². The number of fused-ring (bicyclic) bond motifs is 19. The summed E-state index contributed by atoms with van der Waals surface area (Å²) in [5.41, 5.74) is 23.9. The molecule has 0 spiro atoms. The zero-order chi connectivity index (χ0) is 49.5. The molecule has 0 atom stereocenters. The minimum absolute atomic E-state index is 0.740. The van der Waals surface area contributed by atoms with Crippen LogP contribution in [0.2, 0.25) is 10.0 Å². The lowest BCUT2D eigenvalue weighted by Crippen LogP contribution is -1.97. The molecule has 7 aromatic heterocycles. The Hall–Kier alpha value is -8.12. The highest BCUT2D eigenvalue weighted by molar-refractivity contribution is 9.11. The van der Waals surface area contributed by atoms with Crippen LogP contribution in [0.5, 0.6) is 0 Å². The molecule has 0 fully saturated rings. The van der Waals surface area contributed by atoms with Crippen LogP contribution >= 0.6 is 55.1 Å². The number of halogens is 4. The smallest absolute Gasteiger partial charge is 0.220 e. The molecule has 17 rings (SSSR count). The topological polar surface area (TPSA) is 74.4 Å². The van der Waals surface area contributed by atoms with E-state index in [0.29, 0.717) is 0 Å². The largest absolute Gasteiger partial charge is 0.397 e. The van der Waals surface area contributed by atoms with Crippen molar-refractivity contribution >= 4 is 171 Å². The second kappa shape index (κ2) is 16.4. The molecule has 0 saturated carbocycles. The van der Waals surface area contributed by atoms with E-state index in [2.05, 4.69) is 200 Å². The Morgan fingerprint density at radius 1 is 0.351 bits per heavy atom. The molecule has 0 saturated heterocycles. The summed E-state index contributed by atoms with van der Waals surface area (Å²) in [5.74, 6) is 1.86. The molecule has 8 nitrogen and oxygen atoms in total. The van der Waals surface area contributed by atoms with Crippen LogP contribution in [0.25, 0.3) is 127 Å². The van der Waals surface area contributed by atoms with Crippen molar-refractivity contribution in [1.29, 1.82) is 0 Å². The zero-order valence-electron chi connectivity index (χ0n) is 38.8. The molecule has 12 heteroatoms. The van der Waals surface area contributed by atoms with Crippen molar-refractivity contribution in [3.05, 3.63) is 225 Å². The minimum Gasteiger partial charge on any atom is -0.397 e. The van der Waals surface area contributed by atoms with Crippen molar-refractivity contribution in [1.82, 2.24) is 32.1 Å². The summed E-state index contributed by atoms with van der Waals surface area (Å²) in [6, 6.07) is 70.9. The fourth-order valence-corrected chi connectivity index (χ4v) is 12.8. The number of rotatable bonds is 2. The quantitative estimate of drug-likeness (QED) is 0.175. The number of para-hydroxylation sites is 9. The maximum Gasteiger partial charge on any atom is 0.220 e. The number of anilines is 1. The number of nitrogen functional groups attached to an aromatic ring is 1. The van der Waals surface area contributed by atoms with E-state index in [4.69, 9.17) is 38.9 Å². The summed E-state index contributed by atoms with van der Waals surface area (Å²) < 4.78 is 13.5. The predicted molar refractivity (Wildman–Crippen MR) is 316 cm³/mol. The van der Waals surface area contributed by atoms with Gasteiger partial charge in [-0.05, 0) is 108 Å². The van der Waals surface area contributed by atoms with Gasteiger partial charge < -0.3 is 10.3 Å². The molecule has 17 aromatic rings. The van der Waals surface area contributed by atoms with Gasteiger partial charge in [-0.1, -0.05) is 164 Å². The SMILES string of the molecule is Clc1ccc(Br)c(-c2ccccc2Br)c1.Clc1ccc2c(c1)c1ccccc1n2-c1cccc2c3cccc4c3n(c12)c1nc2ccccc2n41.Nc1cccc2c3cccc4c3n(c12)c1nc2ccccc2n41. The highest BCUT2D eigenvalue weighted by Gasteiger charge is 2.25. The van der Waals surface area contributed by atoms with Gasteiger partial charge in [-0.3, -0.25) is 17.6 Å². The van der Waals surface area contributed by atoms with Gasteiger partial charge in [0.2, 0.25) is 11.6 Å². The van der Waals surface area contributed by atoms with Crippen LogP contribution in [0.3, 0.4) is 0 Å². The van der Waals surface area contributed by atoms with Gasteiger partial charge in [0, 0.05) is 51.3 Å². The number of benzene rings is 10. The molecule has 0 amide bonds. The second-order valence-electron chi connectivity index (χ2n) is 18.5. The first-order valence-corrected chi connectivity index (χ1v) is 26.4. The molecule has 0 unspecified atom stereocenters. The van der Waals surface area contributed by atoms with Crippen LogP contribution in [-0.2, 0) is 0 Å². The molecule has 0 aliphatic carbocycles. The van der Waals surface area contributed by atoms with Gasteiger partial charge in [0.1, 0.15) is 0 Å². The number of aromatic nitrogens is 7. The Kier molecular flexibility index (Phi) is 9.66. The van der Waals surface area contributed by atoms with E-state index < -0.39 is 0 Å². The van der Waals surface area contributed by atoms with Gasteiger partial charge in [-0.25, -0.2) is 9.97 Å². The van der Waals surface area contributed by atoms with Crippen LogP contribution in [0, 0.1) is 0 Å². The number of imidazole rings is 4. The number of hydrogen-bond acceptors (Lipinski definition) is 3. The van der Waals surface area contributed by atoms with Crippen molar-refractivity contribution in [3.63, 3.8) is 0 Å². The number of nitrogens with zero attached hydrogens (tertiary/aromatic N) is 7. The summed E-state index contributed by atoms with van der Waals surface area (Å²) in [6.45, 7) is 0. The average molecular weight is 1120 g/mol. The van der Waals surface area contributed by atoms with Gasteiger partial charge >= 0.3 is 0 Å². The maximum absolute atomic E-state index is 6.45. The van der Waals surface area contributed by atoms with Gasteiger partial charge in [0.25, 0.3) is 0 Å². The summed E-state index contributed by atoms with van der Waals surface area (Å²) in [4.78, 5) is 9.98. The lowest BCUT2D eigenvalue weighted by Gasteiger charge is -2.10. The molecular weight excluding hydrogens is 1090 g/mol. The van der Waals surface area contributed by atoms with Crippen molar-refractivity contribution in [2.24, 2.45) is 0 Å². The zero-order valence-corrected chi connectivity index (χ0v) is 43.5. The first-order valence-electron chi connectivity index (χ1n) is 24.1. The first kappa shape index (κ1) is 43.5. The van der Waals surface area contributed by atoms with Gasteiger partial charge in [0.05, 0.1) is 77.6 Å². The molecule has 352 valence electrons. The average Bonchev–Trinajstić information content (AvgIpc) is 4.35. The predicted octanol–water partition coefficient (Wildman–Crippen LogP) is 17.8. The van der Waals surface area contributed by atoms with Gasteiger partial charge in [0.15, 0.2) is 0 Å². The van der Waals surface area contributed by atoms with Crippen LogP contribution in [-0.4, -0.2) is 32.1 Å². The van der Waals surface area contributed by atoms with E-state index in [-0.39, 0.29) is 0 Å². The van der Waals surface area contributed by atoms with Crippen LogP contribution < -0.4 is 5.73 Å². The molecule has 74 heavy (non-hydrogen) atoms. The van der Waals surface area contributed by atoms with Gasteiger partial charge in [-0.2, -0.15) is 0 Å². The molecule has 0 aliphatic rings. The van der Waals surface area contributed by atoms with E-state index in [1.165, 1.54) is 49.0 Å². The molecule has 2 N–H and O–H groups in total. The van der Waals surface area contributed by atoms with E-state index in [9.17, 15) is 0 Å². The Labute approximate surface area is 447 Å². The van der Waals surface area contributed by atoms with Crippen LogP contribution in [0.4, 0.5) is 5.69 Å². The Morgan fingerprint density at radius 2 is 0.824 bits per heavy atom. The van der Waals surface area contributed by atoms with Crippen LogP contribution in [0.15, 0.2) is 215 Å². The monoisotopic (exact) mass is 1120 g/mol. The molecule has 0 bridgehead atoms. The fraction of sp³-hybridized carbons (Fsp3) is 0. The van der Waals surface area contributed by atoms with E-state index in [0.717, 1.165) is 103 Å². The van der Waals surface area contributed by atoms with Crippen molar-refractivity contribution in [2.75, 3.05) is 5.73 Å². The summed E-state index contributed by atoms with van der Waals surface area (Å²) in [7, 11) is 0. The Bertz CT molecular complexity index is 5120. The second-order valence-corrected chi connectivity index (χ2v) is 21.1. The lowest BCUT2D eigenvalue weighted by molar-refractivity contribution is 1.16. The molecule has 0 radical (unpaired) electrons. The third kappa shape index (κ3) is 6.20. The number of nitrogens with two attached hydrogens (primary N) is 1. The van der Waals surface area contributed by atoms with E-state index in [1.807, 2.05) is 60.7 Å². The fourth-order valence-electron chi connectivity index (χ4n) is 11.5. The molecular formula is C62H36Br2Cl2N8. The van der Waals surface area contributed by atoms with Crippen molar-refractivity contribution in [3.8, 4) is 16.8 Å². The highest BCUT2D eigenvalue weighted by Crippen LogP contribution is 2.43. The lowest BCUT2D eigenvalue weighted by atomic mass is 10.1. The first-order chi connectivity index (χ1) is 36.3. The maximum atomic E-state index is 6.45. The van der Waals surface area contributed by atoms with Crippen molar-refractivity contribution in [2.45, 2.75) is 0 Å². The summed E-state index contributed by atoms with van der Waals surface area (Å²) in [6.07, 6.45) is 0. The minimum atomic E-state index is 0.740. The molecule has 10 aromatic carbocycles. The standard InChI is InChI=1S/C31H17ClN4.C19H12N4.C12H7Br2Cl/c32-18-15-16-25-22(17-18)19-7-1-3-11-24(19)34(25)27-13-5-8-20-21-9-6-14-28-30(21)36(29(20)27)31-33-23-10-2-4-12-26(23)35(28)31;20-13-7-3-5-11-12-6-4-10-16-18(12)23(17(11)13)19-21-14-8-1-2-9-15(14)22(16)19;13-11-4-2-1-3-9(11)10-7-8(15)5-6-12(10)14/h1-17H;1-10H,20H2;1-7H. The van der Waals surface area contributed by atoms with Gasteiger partial charge in [-0.15, -0.1) is 0 Å². The third-order valence-electron chi connectivity index (χ3n) is 14.5. The third-order valence-corrected chi connectivity index (χ3v) is 16.4. The van der Waals surface area contributed by atoms with E-state index >= 15 is 0 Å². The Morgan fingerprint density at radius 3 is 1.50 bits per heavy atom. The molecule has 7 heterocycles. The van der Waals surface area contributed by atoms with E-state index in [1.54, 1.807) is 0 Å².